The standard InChI is InChI=1S/C16H26N8S/c1-10(13-19-14(17)21-15(20-13)24(2)3)25-16-18-12(22-23-16)9-8-11-6-4-5-7-11/h10-11H,4-9H2,1-3H3,(H,18,22,23)(H2,17,19,20,21)/t10-/m0/s1. The first kappa shape index (κ1) is 17.9. The molecular formula is C16H26N8S. The van der Waals surface area contributed by atoms with Gasteiger partial charge in [-0.05, 0) is 19.3 Å². The van der Waals surface area contributed by atoms with Crippen LogP contribution in [0.4, 0.5) is 11.9 Å². The Bertz CT molecular complexity index is 695. The van der Waals surface area contributed by atoms with Crippen molar-refractivity contribution in [3.8, 4) is 0 Å². The minimum atomic E-state index is -0.0116. The van der Waals surface area contributed by atoms with Crippen LogP contribution in [0.1, 0.15) is 55.9 Å². The predicted octanol–water partition coefficient (Wildman–Crippen LogP) is 2.61. The smallest absolute Gasteiger partial charge is 0.229 e. The summed E-state index contributed by atoms with van der Waals surface area (Å²) in [5.41, 5.74) is 5.80. The number of aryl methyl sites for hydroxylation is 1. The third kappa shape index (κ3) is 4.81. The van der Waals surface area contributed by atoms with Gasteiger partial charge in [0.15, 0.2) is 0 Å². The molecule has 3 N–H and O–H groups in total. The Balaban J connectivity index is 1.60. The Hall–Kier alpha value is -1.90. The van der Waals surface area contributed by atoms with E-state index >= 15 is 0 Å². The second-order valence-electron chi connectivity index (χ2n) is 6.76. The van der Waals surface area contributed by atoms with Gasteiger partial charge in [-0.1, -0.05) is 37.4 Å². The summed E-state index contributed by atoms with van der Waals surface area (Å²) in [7, 11) is 3.75. The minimum absolute atomic E-state index is 0.0116. The molecule has 1 saturated carbocycles. The summed E-state index contributed by atoms with van der Waals surface area (Å²) >= 11 is 1.52. The first-order valence-electron chi connectivity index (χ1n) is 8.78. The Morgan fingerprint density at radius 1 is 1.20 bits per heavy atom. The number of thioether (sulfide) groups is 1. The number of nitrogens with zero attached hydrogens (tertiary/aromatic N) is 6. The van der Waals surface area contributed by atoms with Crippen LogP contribution in [0.5, 0.6) is 0 Å². The summed E-state index contributed by atoms with van der Waals surface area (Å²) in [5.74, 6) is 3.25. The van der Waals surface area contributed by atoms with Gasteiger partial charge in [0.1, 0.15) is 11.6 Å². The van der Waals surface area contributed by atoms with Crippen LogP contribution in [0.3, 0.4) is 0 Å². The van der Waals surface area contributed by atoms with Crippen LogP contribution < -0.4 is 10.6 Å². The monoisotopic (exact) mass is 362 g/mol. The maximum absolute atomic E-state index is 5.80. The SMILES string of the molecule is C[C@H](Sc1n[nH]c(CCC2CCCC2)n1)c1nc(N)nc(N(C)C)n1. The molecule has 2 aromatic heterocycles. The molecule has 2 aromatic rings. The zero-order valence-electron chi connectivity index (χ0n) is 15.1. The van der Waals surface area contributed by atoms with Crippen molar-refractivity contribution in [2.75, 3.05) is 24.7 Å². The van der Waals surface area contributed by atoms with Crippen molar-refractivity contribution < 1.29 is 0 Å². The van der Waals surface area contributed by atoms with Crippen molar-refractivity contribution in [1.82, 2.24) is 30.1 Å². The minimum Gasteiger partial charge on any atom is -0.368 e. The van der Waals surface area contributed by atoms with Crippen molar-refractivity contribution in [2.45, 2.75) is 55.9 Å². The molecule has 0 aliphatic heterocycles. The van der Waals surface area contributed by atoms with Gasteiger partial charge in [0.25, 0.3) is 0 Å². The van der Waals surface area contributed by atoms with E-state index in [2.05, 4.69) is 30.1 Å². The van der Waals surface area contributed by atoms with E-state index in [0.29, 0.717) is 11.8 Å². The molecule has 1 fully saturated rings. The van der Waals surface area contributed by atoms with Crippen LogP contribution in [0.2, 0.25) is 0 Å². The number of nitrogen functional groups attached to an aromatic ring is 1. The second kappa shape index (κ2) is 7.99. The van der Waals surface area contributed by atoms with Crippen LogP contribution in [0.25, 0.3) is 0 Å². The third-order valence-corrected chi connectivity index (χ3v) is 5.44. The largest absolute Gasteiger partial charge is 0.368 e. The Morgan fingerprint density at radius 2 is 1.96 bits per heavy atom. The third-order valence-electron chi connectivity index (χ3n) is 4.48. The number of hydrogen-bond acceptors (Lipinski definition) is 8. The quantitative estimate of drug-likeness (QED) is 0.723. The van der Waals surface area contributed by atoms with E-state index in [1.54, 1.807) is 0 Å². The van der Waals surface area contributed by atoms with E-state index in [9.17, 15) is 0 Å². The average Bonchev–Trinajstić information content (AvgIpc) is 3.23. The summed E-state index contributed by atoms with van der Waals surface area (Å²) in [6, 6.07) is 0. The second-order valence-corrected chi connectivity index (χ2v) is 8.07. The lowest BCUT2D eigenvalue weighted by atomic mass is 10.0. The molecule has 1 aliphatic rings. The van der Waals surface area contributed by atoms with Crippen LogP contribution in [0, 0.1) is 5.92 Å². The first-order valence-corrected chi connectivity index (χ1v) is 9.66. The zero-order valence-corrected chi connectivity index (χ0v) is 15.9. The van der Waals surface area contributed by atoms with Gasteiger partial charge in [-0.2, -0.15) is 15.0 Å². The summed E-state index contributed by atoms with van der Waals surface area (Å²) in [5, 5.41) is 8.09. The first-order chi connectivity index (χ1) is 12.0. The Kier molecular flexibility index (Phi) is 5.72. The number of nitrogens with two attached hydrogens (primary N) is 1. The molecule has 0 amide bonds. The number of H-pyrrole nitrogens is 1. The van der Waals surface area contributed by atoms with Crippen LogP contribution in [-0.2, 0) is 6.42 Å². The van der Waals surface area contributed by atoms with E-state index in [1.807, 2.05) is 25.9 Å². The molecule has 2 heterocycles. The lowest BCUT2D eigenvalue weighted by Gasteiger charge is -2.13. The molecule has 25 heavy (non-hydrogen) atoms. The van der Waals surface area contributed by atoms with Crippen LogP contribution >= 0.6 is 11.8 Å². The number of aromatic nitrogens is 6. The van der Waals surface area contributed by atoms with Crippen molar-refractivity contribution in [2.24, 2.45) is 5.92 Å². The highest BCUT2D eigenvalue weighted by molar-refractivity contribution is 7.99. The van der Waals surface area contributed by atoms with Gasteiger partial charge in [-0.25, -0.2) is 4.98 Å². The van der Waals surface area contributed by atoms with Gasteiger partial charge in [0.05, 0.1) is 5.25 Å². The van der Waals surface area contributed by atoms with E-state index in [0.717, 1.165) is 23.3 Å². The molecule has 0 spiro atoms. The molecule has 1 atom stereocenters. The van der Waals surface area contributed by atoms with E-state index < -0.39 is 0 Å². The van der Waals surface area contributed by atoms with Crippen molar-refractivity contribution in [1.29, 1.82) is 0 Å². The molecule has 1 aliphatic carbocycles. The fourth-order valence-electron chi connectivity index (χ4n) is 3.07. The van der Waals surface area contributed by atoms with Crippen molar-refractivity contribution >= 4 is 23.7 Å². The average molecular weight is 363 g/mol. The molecule has 0 unspecified atom stereocenters. The number of aromatic amines is 1. The number of hydrogen-bond donors (Lipinski definition) is 2. The molecule has 3 rings (SSSR count). The van der Waals surface area contributed by atoms with Crippen LogP contribution in [-0.4, -0.2) is 44.2 Å². The molecular weight excluding hydrogens is 336 g/mol. The zero-order chi connectivity index (χ0) is 17.8. The molecule has 136 valence electrons. The summed E-state index contributed by atoms with van der Waals surface area (Å²) in [6.07, 6.45) is 7.65. The molecule has 9 heteroatoms. The maximum Gasteiger partial charge on any atom is 0.229 e. The highest BCUT2D eigenvalue weighted by Gasteiger charge is 2.18. The maximum atomic E-state index is 5.80. The van der Waals surface area contributed by atoms with Crippen molar-refractivity contribution in [3.63, 3.8) is 0 Å². The number of nitrogens with one attached hydrogen (secondary N) is 1. The normalized spacial score (nSPS) is 16.3. The topological polar surface area (TPSA) is 110 Å². The van der Waals surface area contributed by atoms with E-state index in [4.69, 9.17) is 5.73 Å². The van der Waals surface area contributed by atoms with Gasteiger partial charge in [-0.15, -0.1) is 5.10 Å². The van der Waals surface area contributed by atoms with Gasteiger partial charge >= 0.3 is 0 Å². The lowest BCUT2D eigenvalue weighted by Crippen LogP contribution is -2.16. The van der Waals surface area contributed by atoms with Gasteiger partial charge in [0, 0.05) is 20.5 Å². The fourth-order valence-corrected chi connectivity index (χ4v) is 3.86. The van der Waals surface area contributed by atoms with Gasteiger partial charge in [-0.3, -0.25) is 5.10 Å². The predicted molar refractivity (Wildman–Crippen MR) is 99.5 cm³/mol. The highest BCUT2D eigenvalue weighted by Crippen LogP contribution is 2.32. The molecule has 0 radical (unpaired) electrons. The Morgan fingerprint density at radius 3 is 2.68 bits per heavy atom. The lowest BCUT2D eigenvalue weighted by molar-refractivity contribution is 0.497. The summed E-state index contributed by atoms with van der Waals surface area (Å²) in [4.78, 5) is 19.2. The summed E-state index contributed by atoms with van der Waals surface area (Å²) < 4.78 is 0. The number of rotatable bonds is 7. The highest BCUT2D eigenvalue weighted by atomic mass is 32.2. The molecule has 0 saturated heterocycles. The molecule has 0 bridgehead atoms. The van der Waals surface area contributed by atoms with E-state index in [-0.39, 0.29) is 11.2 Å². The molecule has 8 nitrogen and oxygen atoms in total. The van der Waals surface area contributed by atoms with Gasteiger partial charge < -0.3 is 10.6 Å². The fraction of sp³-hybridized carbons (Fsp3) is 0.688. The van der Waals surface area contributed by atoms with E-state index in [1.165, 1.54) is 43.9 Å². The molecule has 0 aromatic carbocycles. The Labute approximate surface area is 152 Å². The van der Waals surface area contributed by atoms with Crippen LogP contribution in [0.15, 0.2) is 5.16 Å². The number of anilines is 2. The van der Waals surface area contributed by atoms with Gasteiger partial charge in [0.2, 0.25) is 17.1 Å². The summed E-state index contributed by atoms with van der Waals surface area (Å²) in [6.45, 7) is 2.02. The van der Waals surface area contributed by atoms with Crippen molar-refractivity contribution in [3.05, 3.63) is 11.6 Å².